The highest BCUT2D eigenvalue weighted by Crippen LogP contribution is 2.29. The molecule has 1 rings (SSSR count). The zero-order valence-electron chi connectivity index (χ0n) is 10.5. The maximum atomic E-state index is 12.0. The topological polar surface area (TPSA) is 83.6 Å². The van der Waals surface area contributed by atoms with Crippen LogP contribution < -0.4 is 5.73 Å². The minimum Gasteiger partial charge on any atom is -0.480 e. The normalized spacial score (nSPS) is 25.1. The third-order valence-corrected chi connectivity index (χ3v) is 4.00. The van der Waals surface area contributed by atoms with Crippen LogP contribution in [0.1, 0.15) is 33.6 Å². The van der Waals surface area contributed by atoms with Gasteiger partial charge in [0.15, 0.2) is 0 Å². The summed E-state index contributed by atoms with van der Waals surface area (Å²) < 4.78 is 0. The highest BCUT2D eigenvalue weighted by atomic mass is 32.2. The van der Waals surface area contributed by atoms with Crippen LogP contribution in [0, 0.1) is 0 Å². The summed E-state index contributed by atoms with van der Waals surface area (Å²) >= 11 is 1.50. The number of thioether (sulfide) groups is 1. The zero-order chi connectivity index (χ0) is 13.2. The van der Waals surface area contributed by atoms with Gasteiger partial charge in [0.1, 0.15) is 6.04 Å². The molecule has 1 amide bonds. The number of nitrogens with zero attached hydrogens (tertiary/aromatic N) is 1. The smallest absolute Gasteiger partial charge is 0.327 e. The monoisotopic (exact) mass is 260 g/mol. The first-order valence-corrected chi connectivity index (χ1v) is 6.72. The van der Waals surface area contributed by atoms with Crippen molar-refractivity contribution in [2.45, 2.75) is 50.6 Å². The van der Waals surface area contributed by atoms with E-state index in [1.807, 2.05) is 20.8 Å². The number of nitrogens with two attached hydrogens (primary N) is 1. The molecule has 98 valence electrons. The molecule has 6 heteroatoms. The Kier molecular flexibility index (Phi) is 4.43. The van der Waals surface area contributed by atoms with Gasteiger partial charge in [0.05, 0.1) is 5.37 Å². The lowest BCUT2D eigenvalue weighted by Crippen LogP contribution is -2.45. The van der Waals surface area contributed by atoms with E-state index < -0.39 is 17.6 Å². The molecule has 1 aliphatic rings. The first-order valence-electron chi connectivity index (χ1n) is 5.67. The number of hydrogen-bond acceptors (Lipinski definition) is 4. The quantitative estimate of drug-likeness (QED) is 0.784. The van der Waals surface area contributed by atoms with Crippen LogP contribution in [0.25, 0.3) is 0 Å². The molecule has 17 heavy (non-hydrogen) atoms. The van der Waals surface area contributed by atoms with Crippen LogP contribution in [-0.4, -0.2) is 44.6 Å². The Morgan fingerprint density at radius 3 is 2.59 bits per heavy atom. The molecule has 0 spiro atoms. The van der Waals surface area contributed by atoms with Gasteiger partial charge in [0.25, 0.3) is 0 Å². The Hall–Kier alpha value is -0.750. The van der Waals surface area contributed by atoms with Gasteiger partial charge in [0.2, 0.25) is 5.91 Å². The molecule has 0 radical (unpaired) electrons. The number of carbonyl (C=O) groups excluding carboxylic acids is 1. The van der Waals surface area contributed by atoms with Crippen LogP contribution in [0.5, 0.6) is 0 Å². The number of carboxylic acid groups (broad SMARTS) is 1. The highest BCUT2D eigenvalue weighted by molar-refractivity contribution is 8.00. The zero-order valence-corrected chi connectivity index (χ0v) is 11.3. The summed E-state index contributed by atoms with van der Waals surface area (Å²) in [6.45, 7) is 5.58. The van der Waals surface area contributed by atoms with Crippen molar-refractivity contribution in [1.82, 2.24) is 4.90 Å². The van der Waals surface area contributed by atoms with Crippen molar-refractivity contribution in [3.8, 4) is 0 Å². The predicted molar refractivity (Wildman–Crippen MR) is 67.7 cm³/mol. The van der Waals surface area contributed by atoms with Gasteiger partial charge in [-0.2, -0.15) is 0 Å². The van der Waals surface area contributed by atoms with Gasteiger partial charge in [-0.05, 0) is 27.2 Å². The first kappa shape index (κ1) is 14.3. The third kappa shape index (κ3) is 3.89. The molecule has 5 nitrogen and oxygen atoms in total. The fraction of sp³-hybridized carbons (Fsp3) is 0.818. The molecule has 2 atom stereocenters. The molecule has 1 saturated heterocycles. The fourth-order valence-electron chi connectivity index (χ4n) is 1.77. The van der Waals surface area contributed by atoms with Crippen molar-refractivity contribution in [2.24, 2.45) is 5.73 Å². The van der Waals surface area contributed by atoms with E-state index in [1.165, 1.54) is 16.7 Å². The van der Waals surface area contributed by atoms with Gasteiger partial charge in [-0.15, -0.1) is 11.8 Å². The molecule has 1 heterocycles. The average Bonchev–Trinajstić information content (AvgIpc) is 2.55. The molecular weight excluding hydrogens is 240 g/mol. The van der Waals surface area contributed by atoms with Crippen molar-refractivity contribution in [1.29, 1.82) is 0 Å². The number of aliphatic carboxylic acids is 1. The molecule has 1 aliphatic heterocycles. The first-order chi connectivity index (χ1) is 7.72. The third-order valence-electron chi connectivity index (χ3n) is 2.78. The Balaban J connectivity index is 2.63. The van der Waals surface area contributed by atoms with E-state index in [4.69, 9.17) is 10.8 Å². The summed E-state index contributed by atoms with van der Waals surface area (Å²) in [4.78, 5) is 24.5. The molecule has 2 unspecified atom stereocenters. The number of rotatable bonds is 4. The van der Waals surface area contributed by atoms with E-state index in [2.05, 4.69) is 0 Å². The summed E-state index contributed by atoms with van der Waals surface area (Å²) in [7, 11) is 0. The summed E-state index contributed by atoms with van der Waals surface area (Å²) in [5.74, 6) is -0.579. The van der Waals surface area contributed by atoms with Gasteiger partial charge in [-0.1, -0.05) is 0 Å². The van der Waals surface area contributed by atoms with E-state index in [1.54, 1.807) is 0 Å². The van der Waals surface area contributed by atoms with Crippen LogP contribution in [0.15, 0.2) is 0 Å². The Bertz CT molecular complexity index is 314. The van der Waals surface area contributed by atoms with Crippen molar-refractivity contribution in [2.75, 3.05) is 5.75 Å². The van der Waals surface area contributed by atoms with Crippen LogP contribution in [0.4, 0.5) is 0 Å². The van der Waals surface area contributed by atoms with Crippen molar-refractivity contribution in [3.63, 3.8) is 0 Å². The van der Waals surface area contributed by atoms with Gasteiger partial charge in [-0.3, -0.25) is 4.79 Å². The second-order valence-corrected chi connectivity index (χ2v) is 6.43. The van der Waals surface area contributed by atoms with E-state index >= 15 is 0 Å². The molecule has 3 N–H and O–H groups in total. The summed E-state index contributed by atoms with van der Waals surface area (Å²) in [6.07, 6.45) is 0.865. The lowest BCUT2D eigenvalue weighted by molar-refractivity contribution is -0.149. The summed E-state index contributed by atoms with van der Waals surface area (Å²) in [6, 6.07) is -0.691. The molecule has 1 fully saturated rings. The van der Waals surface area contributed by atoms with Gasteiger partial charge >= 0.3 is 5.97 Å². The molecule has 0 aromatic rings. The Morgan fingerprint density at radius 1 is 1.53 bits per heavy atom. The maximum Gasteiger partial charge on any atom is 0.327 e. The van der Waals surface area contributed by atoms with Crippen LogP contribution in [0.3, 0.4) is 0 Å². The number of carbonyl (C=O) groups is 2. The van der Waals surface area contributed by atoms with Gasteiger partial charge in [0, 0.05) is 17.7 Å². The second-order valence-electron chi connectivity index (χ2n) is 5.08. The van der Waals surface area contributed by atoms with Crippen molar-refractivity contribution >= 4 is 23.6 Å². The fourth-order valence-corrected chi connectivity index (χ4v) is 2.96. The lowest BCUT2D eigenvalue weighted by Gasteiger charge is -2.26. The summed E-state index contributed by atoms with van der Waals surface area (Å²) in [5.41, 5.74) is 5.42. The highest BCUT2D eigenvalue weighted by Gasteiger charge is 2.39. The van der Waals surface area contributed by atoms with E-state index in [9.17, 15) is 9.59 Å². The predicted octanol–water partition coefficient (Wildman–Crippen LogP) is 0.879. The number of carboxylic acids is 1. The van der Waals surface area contributed by atoms with E-state index in [0.29, 0.717) is 18.6 Å². The van der Waals surface area contributed by atoms with Crippen molar-refractivity contribution < 1.29 is 14.7 Å². The van der Waals surface area contributed by atoms with Crippen LogP contribution in [-0.2, 0) is 9.59 Å². The van der Waals surface area contributed by atoms with Crippen molar-refractivity contribution in [3.05, 3.63) is 0 Å². The average molecular weight is 260 g/mol. The second kappa shape index (κ2) is 5.27. The minimum absolute atomic E-state index is 0.0653. The van der Waals surface area contributed by atoms with Gasteiger partial charge in [-0.25, -0.2) is 4.79 Å². The Labute approximate surface area is 106 Å². The van der Waals surface area contributed by atoms with Gasteiger partial charge < -0.3 is 15.7 Å². The largest absolute Gasteiger partial charge is 0.480 e. The minimum atomic E-state index is -0.929. The molecular formula is C11H20N2O3S. The van der Waals surface area contributed by atoms with Crippen LogP contribution >= 0.6 is 11.8 Å². The molecule has 0 saturated carbocycles. The number of hydrogen-bond donors (Lipinski definition) is 2. The molecule has 0 aromatic carbocycles. The molecule has 0 aromatic heterocycles. The molecule has 0 aliphatic carbocycles. The number of amides is 1. The van der Waals surface area contributed by atoms with E-state index in [-0.39, 0.29) is 11.3 Å². The summed E-state index contributed by atoms with van der Waals surface area (Å²) in [5, 5.41) is 8.98. The lowest BCUT2D eigenvalue weighted by atomic mass is 9.99. The Morgan fingerprint density at radius 2 is 2.12 bits per heavy atom. The molecule has 0 bridgehead atoms. The van der Waals surface area contributed by atoms with E-state index in [0.717, 1.165) is 0 Å². The van der Waals surface area contributed by atoms with Crippen LogP contribution in [0.2, 0.25) is 0 Å². The standard InChI is InChI=1S/C11H20N2O3S/c1-7-13(8(6-17-7)10(15)16)9(14)4-5-11(2,3)12/h7-8H,4-6,12H2,1-3H3,(H,15,16). The SMILES string of the molecule is CC1SCC(C(=O)O)N1C(=O)CCC(C)(C)N. The maximum absolute atomic E-state index is 12.0.